The number of hydrogen-bond acceptors (Lipinski definition) is 4. The molecule has 0 atom stereocenters. The van der Waals surface area contributed by atoms with E-state index in [-0.39, 0.29) is 0 Å². The lowest BCUT2D eigenvalue weighted by molar-refractivity contribution is 1.13. The first-order valence-corrected chi connectivity index (χ1v) is 6.79. The summed E-state index contributed by atoms with van der Waals surface area (Å²) in [5.41, 5.74) is 8.62. The van der Waals surface area contributed by atoms with Crippen LogP contribution in [0.3, 0.4) is 0 Å². The van der Waals surface area contributed by atoms with Gasteiger partial charge in [0.2, 0.25) is 0 Å². The van der Waals surface area contributed by atoms with E-state index in [1.807, 2.05) is 38.2 Å². The van der Waals surface area contributed by atoms with Crippen molar-refractivity contribution in [2.75, 3.05) is 11.9 Å². The number of benzene rings is 1. The molecule has 1 aromatic carbocycles. The molecule has 2 aromatic rings. The molecule has 3 nitrogen and oxygen atoms in total. The van der Waals surface area contributed by atoms with Crippen LogP contribution in [0.5, 0.6) is 0 Å². The minimum absolute atomic E-state index is 0.421. The summed E-state index contributed by atoms with van der Waals surface area (Å²) in [6.45, 7) is 4.11. The van der Waals surface area contributed by atoms with Crippen LogP contribution < -0.4 is 10.6 Å². The Balaban J connectivity index is 2.28. The SMILES string of the molecule is Cc1nc(N(C)c2ccc(C(N)=S)cc2)sc1C. The van der Waals surface area contributed by atoms with Crippen LogP contribution in [0.4, 0.5) is 10.8 Å². The Hall–Kier alpha value is -1.46. The monoisotopic (exact) mass is 277 g/mol. The van der Waals surface area contributed by atoms with Crippen molar-refractivity contribution < 1.29 is 0 Å². The van der Waals surface area contributed by atoms with E-state index in [2.05, 4.69) is 16.8 Å². The lowest BCUT2D eigenvalue weighted by atomic mass is 10.2. The molecular weight excluding hydrogens is 262 g/mol. The van der Waals surface area contributed by atoms with Crippen LogP contribution in [0.2, 0.25) is 0 Å². The highest BCUT2D eigenvalue weighted by Gasteiger charge is 2.10. The zero-order valence-corrected chi connectivity index (χ0v) is 12.2. The van der Waals surface area contributed by atoms with Crippen LogP contribution in [-0.4, -0.2) is 17.0 Å². The summed E-state index contributed by atoms with van der Waals surface area (Å²) in [5.74, 6) is 0. The van der Waals surface area contributed by atoms with Crippen molar-refractivity contribution in [1.82, 2.24) is 4.98 Å². The summed E-state index contributed by atoms with van der Waals surface area (Å²) in [5, 5.41) is 0.994. The van der Waals surface area contributed by atoms with E-state index < -0.39 is 0 Å². The molecule has 18 heavy (non-hydrogen) atoms. The minimum atomic E-state index is 0.421. The summed E-state index contributed by atoms with van der Waals surface area (Å²) in [6.07, 6.45) is 0. The number of aryl methyl sites for hydroxylation is 2. The molecule has 0 unspecified atom stereocenters. The molecule has 0 aliphatic heterocycles. The van der Waals surface area contributed by atoms with Gasteiger partial charge in [-0.05, 0) is 38.1 Å². The van der Waals surface area contributed by atoms with Crippen molar-refractivity contribution >= 4 is 39.4 Å². The second-order valence-corrected chi connectivity index (χ2v) is 5.73. The molecular formula is C13H15N3S2. The molecule has 2 N–H and O–H groups in total. The molecule has 1 heterocycles. The van der Waals surface area contributed by atoms with Gasteiger partial charge in [0.25, 0.3) is 0 Å². The number of thiocarbonyl (C=S) groups is 1. The summed E-state index contributed by atoms with van der Waals surface area (Å²) in [4.78, 5) is 8.27. The first-order valence-electron chi connectivity index (χ1n) is 5.56. The molecule has 0 bridgehead atoms. The van der Waals surface area contributed by atoms with E-state index in [0.29, 0.717) is 4.99 Å². The maximum Gasteiger partial charge on any atom is 0.190 e. The molecule has 0 amide bonds. The fourth-order valence-corrected chi connectivity index (χ4v) is 2.59. The summed E-state index contributed by atoms with van der Waals surface area (Å²) < 4.78 is 0. The average molecular weight is 277 g/mol. The Morgan fingerprint density at radius 2 is 1.89 bits per heavy atom. The highest BCUT2D eigenvalue weighted by atomic mass is 32.1. The van der Waals surface area contributed by atoms with E-state index in [1.165, 1.54) is 4.88 Å². The van der Waals surface area contributed by atoms with Crippen LogP contribution in [-0.2, 0) is 0 Å². The Morgan fingerprint density at radius 1 is 1.28 bits per heavy atom. The van der Waals surface area contributed by atoms with Crippen molar-refractivity contribution in [2.24, 2.45) is 5.73 Å². The van der Waals surface area contributed by atoms with Gasteiger partial charge in [0.1, 0.15) is 4.99 Å². The van der Waals surface area contributed by atoms with Crippen molar-refractivity contribution in [3.05, 3.63) is 40.4 Å². The van der Waals surface area contributed by atoms with Gasteiger partial charge in [-0.1, -0.05) is 12.2 Å². The van der Waals surface area contributed by atoms with Gasteiger partial charge in [-0.15, -0.1) is 11.3 Å². The minimum Gasteiger partial charge on any atom is -0.389 e. The normalized spacial score (nSPS) is 10.4. The van der Waals surface area contributed by atoms with E-state index in [4.69, 9.17) is 18.0 Å². The highest BCUT2D eigenvalue weighted by molar-refractivity contribution is 7.80. The Bertz CT molecular complexity index is 553. The van der Waals surface area contributed by atoms with Gasteiger partial charge in [-0.25, -0.2) is 4.98 Å². The second kappa shape index (κ2) is 5.04. The fraction of sp³-hybridized carbons (Fsp3) is 0.231. The molecule has 5 heteroatoms. The Morgan fingerprint density at radius 3 is 2.33 bits per heavy atom. The lowest BCUT2D eigenvalue weighted by Gasteiger charge is -2.16. The molecule has 0 fully saturated rings. The van der Waals surface area contributed by atoms with E-state index in [1.54, 1.807) is 11.3 Å². The average Bonchev–Trinajstić information content (AvgIpc) is 2.69. The third-order valence-corrected chi connectivity index (χ3v) is 4.23. The quantitative estimate of drug-likeness (QED) is 0.875. The summed E-state index contributed by atoms with van der Waals surface area (Å²) in [7, 11) is 2.01. The highest BCUT2D eigenvalue weighted by Crippen LogP contribution is 2.29. The summed E-state index contributed by atoms with van der Waals surface area (Å²) >= 11 is 6.63. The smallest absolute Gasteiger partial charge is 0.190 e. The molecule has 1 aromatic heterocycles. The van der Waals surface area contributed by atoms with Crippen molar-refractivity contribution in [2.45, 2.75) is 13.8 Å². The van der Waals surface area contributed by atoms with E-state index in [0.717, 1.165) is 22.1 Å². The molecule has 0 spiro atoms. The van der Waals surface area contributed by atoms with Crippen molar-refractivity contribution in [3.63, 3.8) is 0 Å². The van der Waals surface area contributed by atoms with Crippen LogP contribution in [0, 0.1) is 13.8 Å². The maximum atomic E-state index is 5.58. The lowest BCUT2D eigenvalue weighted by Crippen LogP contribution is -2.11. The topological polar surface area (TPSA) is 42.2 Å². The second-order valence-electron chi connectivity index (χ2n) is 4.11. The fourth-order valence-electron chi connectivity index (χ4n) is 1.56. The standard InChI is InChI=1S/C13H15N3S2/c1-8-9(2)18-13(15-8)16(3)11-6-4-10(5-7-11)12(14)17/h4-7H,1-3H3,(H2,14,17). The number of nitrogens with two attached hydrogens (primary N) is 1. The third kappa shape index (κ3) is 2.52. The van der Waals surface area contributed by atoms with Crippen molar-refractivity contribution in [1.29, 1.82) is 0 Å². The molecule has 0 aliphatic carbocycles. The van der Waals surface area contributed by atoms with Crippen LogP contribution in [0.1, 0.15) is 16.1 Å². The number of anilines is 2. The first kappa shape index (κ1) is 13.0. The van der Waals surface area contributed by atoms with Crippen LogP contribution >= 0.6 is 23.6 Å². The van der Waals surface area contributed by atoms with E-state index >= 15 is 0 Å². The van der Waals surface area contributed by atoms with Gasteiger partial charge in [0.15, 0.2) is 5.13 Å². The molecule has 0 saturated heterocycles. The van der Waals surface area contributed by atoms with Crippen molar-refractivity contribution in [3.8, 4) is 0 Å². The molecule has 0 radical (unpaired) electrons. The molecule has 2 rings (SSSR count). The molecule has 0 saturated carbocycles. The van der Waals surface area contributed by atoms with Gasteiger partial charge in [-0.2, -0.15) is 0 Å². The first-order chi connectivity index (χ1) is 8.49. The number of aromatic nitrogens is 1. The van der Waals surface area contributed by atoms with Gasteiger partial charge in [0, 0.05) is 23.2 Å². The van der Waals surface area contributed by atoms with Gasteiger partial charge in [-0.3, -0.25) is 0 Å². The van der Waals surface area contributed by atoms with E-state index in [9.17, 15) is 0 Å². The number of nitrogens with zero attached hydrogens (tertiary/aromatic N) is 2. The predicted molar refractivity (Wildman–Crippen MR) is 82.0 cm³/mol. The Kier molecular flexibility index (Phi) is 3.63. The van der Waals surface area contributed by atoms with Gasteiger partial charge >= 0.3 is 0 Å². The number of rotatable bonds is 3. The largest absolute Gasteiger partial charge is 0.389 e. The Labute approximate surface area is 116 Å². The number of hydrogen-bond donors (Lipinski definition) is 1. The molecule has 94 valence electrons. The predicted octanol–water partition coefficient (Wildman–Crippen LogP) is 3.16. The zero-order valence-electron chi connectivity index (χ0n) is 10.6. The number of thiazole rings is 1. The van der Waals surface area contributed by atoms with Crippen LogP contribution in [0.15, 0.2) is 24.3 Å². The molecule has 0 aliphatic rings. The summed E-state index contributed by atoms with van der Waals surface area (Å²) in [6, 6.07) is 7.87. The maximum absolute atomic E-state index is 5.58. The van der Waals surface area contributed by atoms with Gasteiger partial charge in [0.05, 0.1) is 5.69 Å². The van der Waals surface area contributed by atoms with Crippen LogP contribution in [0.25, 0.3) is 0 Å². The van der Waals surface area contributed by atoms with Gasteiger partial charge < -0.3 is 10.6 Å². The third-order valence-electron chi connectivity index (χ3n) is 2.84. The zero-order chi connectivity index (χ0) is 13.3.